The largest absolute Gasteiger partial charge is 0.357 e. The van der Waals surface area contributed by atoms with Gasteiger partial charge in [-0.15, -0.1) is 0 Å². The van der Waals surface area contributed by atoms with Gasteiger partial charge < -0.3 is 15.5 Å². The molecule has 8 heteroatoms. The zero-order valence-corrected chi connectivity index (χ0v) is 16.7. The van der Waals surface area contributed by atoms with Crippen molar-refractivity contribution < 1.29 is 4.79 Å². The molecule has 28 heavy (non-hydrogen) atoms. The lowest BCUT2D eigenvalue weighted by atomic mass is 10.3. The Kier molecular flexibility index (Phi) is 7.00. The minimum Gasteiger partial charge on any atom is -0.357 e. The summed E-state index contributed by atoms with van der Waals surface area (Å²) in [6, 6.07) is 4.01. The number of nitrogens with one attached hydrogen (secondary N) is 2. The second kappa shape index (κ2) is 9.87. The summed E-state index contributed by atoms with van der Waals surface area (Å²) in [5.74, 6) is 2.82. The van der Waals surface area contributed by atoms with Crippen molar-refractivity contribution in [1.29, 1.82) is 0 Å². The van der Waals surface area contributed by atoms with Gasteiger partial charge in [-0.25, -0.2) is 15.0 Å². The molecule has 2 N–H and O–H groups in total. The van der Waals surface area contributed by atoms with Gasteiger partial charge in [0.1, 0.15) is 11.6 Å². The van der Waals surface area contributed by atoms with Gasteiger partial charge in [-0.1, -0.05) is 6.07 Å². The van der Waals surface area contributed by atoms with E-state index in [2.05, 4.69) is 25.6 Å². The molecule has 3 heterocycles. The number of hydrogen-bond donors (Lipinski definition) is 2. The minimum atomic E-state index is 0.280. The average molecular weight is 384 g/mol. The summed E-state index contributed by atoms with van der Waals surface area (Å²) in [5, 5.41) is 6.60. The number of amides is 1. The first-order chi connectivity index (χ1) is 13.7. The van der Waals surface area contributed by atoms with E-state index in [-0.39, 0.29) is 5.91 Å². The van der Waals surface area contributed by atoms with Crippen molar-refractivity contribution in [3.05, 3.63) is 42.1 Å². The van der Waals surface area contributed by atoms with Crippen LogP contribution in [0.25, 0.3) is 5.82 Å². The molecule has 0 aromatic carbocycles. The monoisotopic (exact) mass is 383 g/mol. The van der Waals surface area contributed by atoms with Crippen LogP contribution in [0.3, 0.4) is 0 Å². The summed E-state index contributed by atoms with van der Waals surface area (Å²) in [4.78, 5) is 26.9. The van der Waals surface area contributed by atoms with Crippen LogP contribution in [0.5, 0.6) is 0 Å². The van der Waals surface area contributed by atoms with Crippen LogP contribution in [0.4, 0.5) is 0 Å². The van der Waals surface area contributed by atoms with Crippen molar-refractivity contribution in [2.24, 2.45) is 4.99 Å². The Balaban J connectivity index is 1.49. The summed E-state index contributed by atoms with van der Waals surface area (Å²) in [6.07, 6.45) is 8.12. The summed E-state index contributed by atoms with van der Waals surface area (Å²) < 4.78 is 1.95. The summed E-state index contributed by atoms with van der Waals surface area (Å²) in [7, 11) is 0. The van der Waals surface area contributed by atoms with E-state index in [4.69, 9.17) is 0 Å². The highest BCUT2D eigenvalue weighted by Crippen LogP contribution is 2.10. The summed E-state index contributed by atoms with van der Waals surface area (Å²) >= 11 is 0. The fourth-order valence-electron chi connectivity index (χ4n) is 3.20. The van der Waals surface area contributed by atoms with Gasteiger partial charge in [0, 0.05) is 51.2 Å². The fourth-order valence-corrected chi connectivity index (χ4v) is 3.20. The highest BCUT2D eigenvalue weighted by atomic mass is 16.2. The smallest absolute Gasteiger partial charge is 0.222 e. The van der Waals surface area contributed by atoms with E-state index in [1.165, 1.54) is 0 Å². The van der Waals surface area contributed by atoms with Gasteiger partial charge in [0.2, 0.25) is 5.91 Å². The number of aromatic nitrogens is 3. The van der Waals surface area contributed by atoms with Gasteiger partial charge >= 0.3 is 0 Å². The number of carbonyl (C=O) groups excluding carboxylic acids is 1. The predicted octanol–water partition coefficient (Wildman–Crippen LogP) is 1.64. The molecule has 150 valence electrons. The van der Waals surface area contributed by atoms with E-state index in [9.17, 15) is 4.79 Å². The predicted molar refractivity (Wildman–Crippen MR) is 109 cm³/mol. The highest BCUT2D eigenvalue weighted by Gasteiger charge is 2.18. The van der Waals surface area contributed by atoms with E-state index in [1.54, 1.807) is 6.20 Å². The van der Waals surface area contributed by atoms with Gasteiger partial charge in [0.25, 0.3) is 0 Å². The molecule has 1 saturated heterocycles. The number of nitrogens with zero attached hydrogens (tertiary/aromatic N) is 5. The normalized spacial score (nSPS) is 14.6. The van der Waals surface area contributed by atoms with E-state index >= 15 is 0 Å². The lowest BCUT2D eigenvalue weighted by molar-refractivity contribution is -0.127. The summed E-state index contributed by atoms with van der Waals surface area (Å²) in [5.41, 5.74) is 1.04. The third kappa shape index (κ3) is 5.31. The Bertz CT molecular complexity index is 797. The van der Waals surface area contributed by atoms with Crippen LogP contribution < -0.4 is 10.6 Å². The first-order valence-electron chi connectivity index (χ1n) is 9.92. The molecule has 1 amide bonds. The number of aryl methyl sites for hydroxylation is 1. The maximum Gasteiger partial charge on any atom is 0.222 e. The zero-order chi connectivity index (χ0) is 19.8. The fraction of sp³-hybridized carbons (Fsp3) is 0.500. The maximum atomic E-state index is 11.6. The van der Waals surface area contributed by atoms with Crippen molar-refractivity contribution >= 4 is 11.9 Å². The maximum absolute atomic E-state index is 11.6. The van der Waals surface area contributed by atoms with Crippen molar-refractivity contribution in [3.63, 3.8) is 0 Å². The molecule has 0 saturated carbocycles. The molecular formula is C20H29N7O. The van der Waals surface area contributed by atoms with Crippen molar-refractivity contribution in [3.8, 4) is 5.82 Å². The lowest BCUT2D eigenvalue weighted by Gasteiger charge is -2.16. The van der Waals surface area contributed by atoms with Crippen LogP contribution in [0.15, 0.2) is 35.7 Å². The number of imidazole rings is 1. The number of pyridine rings is 1. The molecular weight excluding hydrogens is 354 g/mol. The number of guanidine groups is 1. The SMILES string of the molecule is CCNC(=NCc1ccc(-n2ccnc2C)nc1)NCCCN1CCCC1=O. The number of likely N-dealkylation sites (tertiary alicyclic amines) is 1. The highest BCUT2D eigenvalue weighted by molar-refractivity contribution is 5.79. The van der Waals surface area contributed by atoms with Crippen LogP contribution in [0, 0.1) is 6.92 Å². The van der Waals surface area contributed by atoms with Gasteiger partial charge in [-0.2, -0.15) is 0 Å². The molecule has 1 fully saturated rings. The molecule has 0 radical (unpaired) electrons. The standard InChI is InChI=1S/C20H29N7O/c1-3-21-20(23-9-5-12-26-11-4-6-19(26)28)25-15-17-7-8-18(24-14-17)27-13-10-22-16(27)2/h7-8,10,13-14H,3-6,9,11-12,15H2,1-2H3,(H2,21,23,25). The molecule has 0 aliphatic carbocycles. The molecule has 8 nitrogen and oxygen atoms in total. The second-order valence-corrected chi connectivity index (χ2v) is 6.83. The first-order valence-corrected chi connectivity index (χ1v) is 9.92. The minimum absolute atomic E-state index is 0.280. The Labute approximate surface area is 166 Å². The van der Waals surface area contributed by atoms with Gasteiger partial charge in [-0.05, 0) is 38.3 Å². The van der Waals surface area contributed by atoms with Crippen molar-refractivity contribution in [2.75, 3.05) is 26.2 Å². The second-order valence-electron chi connectivity index (χ2n) is 6.83. The molecule has 2 aromatic rings. The van der Waals surface area contributed by atoms with Crippen LogP contribution in [-0.4, -0.2) is 57.5 Å². The van der Waals surface area contributed by atoms with E-state index in [0.717, 1.165) is 62.2 Å². The topological polar surface area (TPSA) is 87.4 Å². The van der Waals surface area contributed by atoms with Crippen LogP contribution in [0.1, 0.15) is 37.6 Å². The van der Waals surface area contributed by atoms with Crippen LogP contribution in [-0.2, 0) is 11.3 Å². The Morgan fingerprint density at radius 2 is 2.18 bits per heavy atom. The molecule has 0 spiro atoms. The van der Waals surface area contributed by atoms with Crippen LogP contribution >= 0.6 is 0 Å². The third-order valence-corrected chi connectivity index (χ3v) is 4.71. The van der Waals surface area contributed by atoms with Gasteiger partial charge in [0.15, 0.2) is 5.96 Å². The lowest BCUT2D eigenvalue weighted by Crippen LogP contribution is -2.39. The molecule has 0 bridgehead atoms. The molecule has 0 unspecified atom stereocenters. The number of rotatable bonds is 8. The van der Waals surface area contributed by atoms with Crippen molar-refractivity contribution in [2.45, 2.75) is 39.7 Å². The Morgan fingerprint density at radius 3 is 2.82 bits per heavy atom. The zero-order valence-electron chi connectivity index (χ0n) is 16.7. The van der Waals surface area contributed by atoms with E-state index < -0.39 is 0 Å². The molecule has 2 aromatic heterocycles. The van der Waals surface area contributed by atoms with Gasteiger partial charge in [-0.3, -0.25) is 9.36 Å². The molecule has 1 aliphatic rings. The Morgan fingerprint density at radius 1 is 1.29 bits per heavy atom. The molecule has 1 aliphatic heterocycles. The number of carbonyl (C=O) groups is 1. The number of aliphatic imine (C=N–C) groups is 1. The third-order valence-electron chi connectivity index (χ3n) is 4.71. The van der Waals surface area contributed by atoms with Crippen LogP contribution in [0.2, 0.25) is 0 Å². The molecule has 0 atom stereocenters. The van der Waals surface area contributed by atoms with E-state index in [1.807, 2.05) is 47.8 Å². The molecule has 3 rings (SSSR count). The summed E-state index contributed by atoms with van der Waals surface area (Å²) in [6.45, 7) is 7.84. The average Bonchev–Trinajstić information content (AvgIpc) is 3.31. The van der Waals surface area contributed by atoms with E-state index in [0.29, 0.717) is 13.0 Å². The Hall–Kier alpha value is -2.90. The van der Waals surface area contributed by atoms with Gasteiger partial charge in [0.05, 0.1) is 6.54 Å². The quantitative estimate of drug-likeness (QED) is 0.411. The number of hydrogen-bond acceptors (Lipinski definition) is 4. The first kappa shape index (κ1) is 19.9. The van der Waals surface area contributed by atoms with Crippen molar-refractivity contribution in [1.82, 2.24) is 30.1 Å².